The van der Waals surface area contributed by atoms with E-state index >= 15 is 0 Å². The number of hydrogen-bond acceptors (Lipinski definition) is 3. The van der Waals surface area contributed by atoms with Crippen LogP contribution in [0.3, 0.4) is 0 Å². The lowest BCUT2D eigenvalue weighted by atomic mass is 9.97. The van der Waals surface area contributed by atoms with Crippen molar-refractivity contribution in [3.05, 3.63) is 35.9 Å². The lowest BCUT2D eigenvalue weighted by Crippen LogP contribution is -2.39. The summed E-state index contributed by atoms with van der Waals surface area (Å²) in [4.78, 5) is 12.0. The van der Waals surface area contributed by atoms with Crippen LogP contribution < -0.4 is 5.32 Å². The zero-order valence-electron chi connectivity index (χ0n) is 11.8. The van der Waals surface area contributed by atoms with Gasteiger partial charge in [0, 0.05) is 6.04 Å². The summed E-state index contributed by atoms with van der Waals surface area (Å²) in [7, 11) is 1.44. The van der Waals surface area contributed by atoms with Crippen LogP contribution in [0, 0.1) is 5.92 Å². The summed E-state index contributed by atoms with van der Waals surface area (Å²) >= 11 is 0. The highest BCUT2D eigenvalue weighted by molar-refractivity contribution is 5.77. The topological polar surface area (TPSA) is 38.3 Å². The van der Waals surface area contributed by atoms with E-state index in [1.54, 1.807) is 0 Å². The number of hydrogen-bond donors (Lipinski definition) is 1. The zero-order chi connectivity index (χ0) is 13.7. The molecule has 0 saturated heterocycles. The van der Waals surface area contributed by atoms with Crippen LogP contribution in [0.2, 0.25) is 0 Å². The lowest BCUT2D eigenvalue weighted by Gasteiger charge is -2.26. The summed E-state index contributed by atoms with van der Waals surface area (Å²) in [5.41, 5.74) is 0.971. The minimum absolute atomic E-state index is 0.212. The van der Waals surface area contributed by atoms with E-state index in [0.29, 0.717) is 12.0 Å². The Balaban J connectivity index is 2.08. The van der Waals surface area contributed by atoms with Crippen molar-refractivity contribution in [3.8, 4) is 0 Å². The molecule has 0 bridgehead atoms. The van der Waals surface area contributed by atoms with E-state index in [2.05, 4.69) is 12.2 Å². The van der Waals surface area contributed by atoms with Gasteiger partial charge in [-0.1, -0.05) is 43.2 Å². The van der Waals surface area contributed by atoms with Crippen LogP contribution in [0.15, 0.2) is 30.3 Å². The van der Waals surface area contributed by atoms with Crippen molar-refractivity contribution in [2.45, 2.75) is 44.7 Å². The number of ether oxygens (including phenoxy) is 1. The van der Waals surface area contributed by atoms with Gasteiger partial charge in [-0.3, -0.25) is 5.32 Å². The Labute approximate surface area is 115 Å². The van der Waals surface area contributed by atoms with Crippen LogP contribution in [0.4, 0.5) is 0 Å². The summed E-state index contributed by atoms with van der Waals surface area (Å²) in [5, 5.41) is 3.45. The summed E-state index contributed by atoms with van der Waals surface area (Å²) in [5.74, 6) is 0.465. The van der Waals surface area contributed by atoms with Crippen molar-refractivity contribution in [2.75, 3.05) is 7.11 Å². The molecule has 2 rings (SSSR count). The van der Waals surface area contributed by atoms with Gasteiger partial charge in [-0.2, -0.15) is 0 Å². The molecule has 1 N–H and O–H groups in total. The van der Waals surface area contributed by atoms with Crippen molar-refractivity contribution in [2.24, 2.45) is 5.92 Å². The molecule has 0 aliphatic heterocycles. The Morgan fingerprint density at radius 2 is 1.89 bits per heavy atom. The Morgan fingerprint density at radius 3 is 2.47 bits per heavy atom. The average Bonchev–Trinajstić information content (AvgIpc) is 2.99. The molecule has 0 heterocycles. The van der Waals surface area contributed by atoms with E-state index in [0.717, 1.165) is 5.56 Å². The van der Waals surface area contributed by atoms with Crippen LogP contribution in [0.5, 0.6) is 0 Å². The van der Waals surface area contributed by atoms with Crippen LogP contribution >= 0.6 is 0 Å². The minimum Gasteiger partial charge on any atom is -0.468 e. The molecule has 2 atom stereocenters. The summed E-state index contributed by atoms with van der Waals surface area (Å²) < 4.78 is 4.93. The number of rotatable bonds is 5. The molecule has 1 aliphatic rings. The van der Waals surface area contributed by atoms with E-state index in [9.17, 15) is 4.79 Å². The number of esters is 1. The molecule has 3 heteroatoms. The quantitative estimate of drug-likeness (QED) is 0.828. The predicted octanol–water partition coefficient (Wildman–Crippen LogP) is 3.07. The molecule has 0 radical (unpaired) electrons. The van der Waals surface area contributed by atoms with Gasteiger partial charge in [0.15, 0.2) is 0 Å². The van der Waals surface area contributed by atoms with E-state index in [-0.39, 0.29) is 12.0 Å². The van der Waals surface area contributed by atoms with Crippen molar-refractivity contribution >= 4 is 5.97 Å². The highest BCUT2D eigenvalue weighted by Gasteiger charge is 2.28. The zero-order valence-corrected chi connectivity index (χ0v) is 11.8. The first-order chi connectivity index (χ1) is 9.22. The second-order valence-corrected chi connectivity index (χ2v) is 5.37. The van der Waals surface area contributed by atoms with Gasteiger partial charge < -0.3 is 4.74 Å². The normalized spacial score (nSPS) is 19.1. The largest absolute Gasteiger partial charge is 0.468 e. The van der Waals surface area contributed by atoms with Gasteiger partial charge in [-0.05, 0) is 31.2 Å². The van der Waals surface area contributed by atoms with E-state index in [1.807, 2.05) is 30.3 Å². The Morgan fingerprint density at radius 1 is 1.26 bits per heavy atom. The smallest absolute Gasteiger partial charge is 0.327 e. The van der Waals surface area contributed by atoms with Gasteiger partial charge in [-0.25, -0.2) is 4.79 Å². The number of methoxy groups -OCH3 is 1. The molecule has 1 aromatic rings. The molecule has 1 aliphatic carbocycles. The molecule has 19 heavy (non-hydrogen) atoms. The van der Waals surface area contributed by atoms with Crippen LogP contribution in [-0.2, 0) is 9.53 Å². The Bertz CT molecular complexity index is 398. The van der Waals surface area contributed by atoms with E-state index in [1.165, 1.54) is 32.8 Å². The van der Waals surface area contributed by atoms with Crippen LogP contribution in [-0.4, -0.2) is 19.1 Å². The summed E-state index contributed by atoms with van der Waals surface area (Å²) in [6.45, 7) is 2.18. The monoisotopic (exact) mass is 261 g/mol. The van der Waals surface area contributed by atoms with Gasteiger partial charge in [0.05, 0.1) is 7.11 Å². The molecule has 3 nitrogen and oxygen atoms in total. The van der Waals surface area contributed by atoms with Gasteiger partial charge in [0.25, 0.3) is 0 Å². The van der Waals surface area contributed by atoms with Gasteiger partial charge in [0.1, 0.15) is 6.04 Å². The van der Waals surface area contributed by atoms with E-state index in [4.69, 9.17) is 4.74 Å². The van der Waals surface area contributed by atoms with Crippen LogP contribution in [0.25, 0.3) is 0 Å². The van der Waals surface area contributed by atoms with Crippen molar-refractivity contribution in [3.63, 3.8) is 0 Å². The highest BCUT2D eigenvalue weighted by atomic mass is 16.5. The van der Waals surface area contributed by atoms with Gasteiger partial charge in [0.2, 0.25) is 0 Å². The maximum absolute atomic E-state index is 12.0. The van der Waals surface area contributed by atoms with Crippen molar-refractivity contribution < 1.29 is 9.53 Å². The fourth-order valence-electron chi connectivity index (χ4n) is 2.92. The fourth-order valence-corrected chi connectivity index (χ4v) is 2.92. The Kier molecular flexibility index (Phi) is 4.97. The first kappa shape index (κ1) is 14.1. The average molecular weight is 261 g/mol. The van der Waals surface area contributed by atoms with Crippen molar-refractivity contribution in [1.82, 2.24) is 5.32 Å². The molecule has 2 unspecified atom stereocenters. The molecule has 1 aromatic carbocycles. The minimum atomic E-state index is -0.359. The standard InChI is InChI=1S/C16H23NO2/c1-12(13-8-6-7-9-13)17-15(16(18)19-2)14-10-4-3-5-11-14/h3-5,10-13,15,17H,6-9H2,1-2H3. The van der Waals surface area contributed by atoms with Gasteiger partial charge >= 0.3 is 5.97 Å². The van der Waals surface area contributed by atoms with Crippen LogP contribution in [0.1, 0.15) is 44.2 Å². The molecule has 104 valence electrons. The maximum atomic E-state index is 12.0. The number of carbonyl (C=O) groups is 1. The molecule has 0 spiro atoms. The van der Waals surface area contributed by atoms with Gasteiger partial charge in [-0.15, -0.1) is 0 Å². The molecular formula is C16H23NO2. The third-order valence-electron chi connectivity index (χ3n) is 4.11. The third kappa shape index (κ3) is 3.57. The molecule has 0 aromatic heterocycles. The SMILES string of the molecule is COC(=O)C(NC(C)C1CCCC1)c1ccccc1. The number of carbonyl (C=O) groups excluding carboxylic acids is 1. The molecule has 1 saturated carbocycles. The first-order valence-corrected chi connectivity index (χ1v) is 7.11. The molecular weight excluding hydrogens is 238 g/mol. The highest BCUT2D eigenvalue weighted by Crippen LogP contribution is 2.29. The van der Waals surface area contributed by atoms with E-state index < -0.39 is 0 Å². The fraction of sp³-hybridized carbons (Fsp3) is 0.562. The lowest BCUT2D eigenvalue weighted by molar-refractivity contribution is -0.143. The molecule has 1 fully saturated rings. The maximum Gasteiger partial charge on any atom is 0.327 e. The summed E-state index contributed by atoms with van der Waals surface area (Å²) in [6.07, 6.45) is 5.14. The van der Waals surface area contributed by atoms with Crippen molar-refractivity contribution in [1.29, 1.82) is 0 Å². The predicted molar refractivity (Wildman–Crippen MR) is 75.8 cm³/mol. The summed E-state index contributed by atoms with van der Waals surface area (Å²) in [6, 6.07) is 9.78. The number of nitrogens with one attached hydrogen (secondary N) is 1. The Hall–Kier alpha value is -1.35. The second-order valence-electron chi connectivity index (χ2n) is 5.37. The second kappa shape index (κ2) is 6.71. The molecule has 0 amide bonds. The number of benzene rings is 1. The first-order valence-electron chi connectivity index (χ1n) is 7.11. The third-order valence-corrected chi connectivity index (χ3v) is 4.11.